The van der Waals surface area contributed by atoms with Gasteiger partial charge in [0, 0.05) is 24.7 Å². The number of benzene rings is 2. The van der Waals surface area contributed by atoms with Crippen molar-refractivity contribution in [1.29, 1.82) is 0 Å². The highest BCUT2D eigenvalue weighted by Crippen LogP contribution is 2.26. The molecule has 138 valence electrons. The van der Waals surface area contributed by atoms with Gasteiger partial charge >= 0.3 is 0 Å². The monoisotopic (exact) mass is 395 g/mol. The number of carbonyl (C=O) groups excluding carboxylic acids is 1. The Labute approximate surface area is 156 Å². The molecule has 1 atom stereocenters. The van der Waals surface area contributed by atoms with Crippen molar-refractivity contribution in [3.05, 3.63) is 53.6 Å². The fourth-order valence-electron chi connectivity index (χ4n) is 2.67. The number of carbonyl (C=O) groups is 1. The van der Waals surface area contributed by atoms with Crippen LogP contribution in [0.3, 0.4) is 0 Å². The van der Waals surface area contributed by atoms with Crippen molar-refractivity contribution < 1.29 is 17.9 Å². The van der Waals surface area contributed by atoms with Gasteiger partial charge in [-0.05, 0) is 48.5 Å². The van der Waals surface area contributed by atoms with Crippen molar-refractivity contribution in [2.24, 2.45) is 5.73 Å². The molecule has 1 unspecified atom stereocenters. The number of piperazine rings is 1. The van der Waals surface area contributed by atoms with Gasteiger partial charge in [-0.1, -0.05) is 11.6 Å². The number of rotatable bonds is 5. The predicted octanol–water partition coefficient (Wildman–Crippen LogP) is 1.58. The molecule has 9 heteroatoms. The summed E-state index contributed by atoms with van der Waals surface area (Å²) in [6.07, 6.45) is 0. The van der Waals surface area contributed by atoms with Gasteiger partial charge < -0.3 is 15.8 Å². The average molecular weight is 396 g/mol. The Morgan fingerprint density at radius 1 is 1.12 bits per heavy atom. The molecule has 1 saturated heterocycles. The number of amides is 1. The summed E-state index contributed by atoms with van der Waals surface area (Å²) in [5.41, 5.74) is 5.34. The Hall–Kier alpha value is -2.13. The summed E-state index contributed by atoms with van der Waals surface area (Å²) < 4.78 is 32.5. The number of nitrogens with two attached hydrogens (primary N) is 1. The molecule has 0 aromatic heterocycles. The lowest BCUT2D eigenvalue weighted by Crippen LogP contribution is -2.58. The van der Waals surface area contributed by atoms with Crippen LogP contribution in [0.5, 0.6) is 11.5 Å². The predicted molar refractivity (Wildman–Crippen MR) is 97.7 cm³/mol. The maximum Gasteiger partial charge on any atom is 0.243 e. The van der Waals surface area contributed by atoms with E-state index in [-0.39, 0.29) is 18.0 Å². The van der Waals surface area contributed by atoms with Crippen LogP contribution in [0.25, 0.3) is 0 Å². The Bertz CT molecular complexity index is 885. The number of hydrogen-bond donors (Lipinski definition) is 2. The van der Waals surface area contributed by atoms with Gasteiger partial charge in [-0.25, -0.2) is 8.42 Å². The molecule has 1 fully saturated rings. The summed E-state index contributed by atoms with van der Waals surface area (Å²) in [6.45, 7) is 0.839. The molecule has 3 N–H and O–H groups in total. The van der Waals surface area contributed by atoms with Gasteiger partial charge in [0.15, 0.2) is 0 Å². The van der Waals surface area contributed by atoms with E-state index < -0.39 is 22.0 Å². The maximum atomic E-state index is 12.8. The second kappa shape index (κ2) is 7.63. The molecule has 1 heterocycles. The summed E-state index contributed by atoms with van der Waals surface area (Å²) in [5, 5.41) is 3.57. The first-order chi connectivity index (χ1) is 12.4. The highest BCUT2D eigenvalue weighted by Gasteiger charge is 2.36. The summed E-state index contributed by atoms with van der Waals surface area (Å²) >= 11 is 5.83. The molecule has 1 aliphatic heterocycles. The van der Waals surface area contributed by atoms with Crippen molar-refractivity contribution in [3.8, 4) is 11.5 Å². The Morgan fingerprint density at radius 3 is 2.27 bits per heavy atom. The minimum atomic E-state index is -3.83. The van der Waals surface area contributed by atoms with Crippen molar-refractivity contribution in [3.63, 3.8) is 0 Å². The molecular weight excluding hydrogens is 378 g/mol. The van der Waals surface area contributed by atoms with Crippen LogP contribution in [0.15, 0.2) is 53.4 Å². The first kappa shape index (κ1) is 18.7. The zero-order chi connectivity index (χ0) is 18.7. The minimum Gasteiger partial charge on any atom is -0.457 e. The molecule has 0 spiro atoms. The maximum absolute atomic E-state index is 12.8. The Balaban J connectivity index is 1.80. The third kappa shape index (κ3) is 3.99. The molecule has 1 aliphatic rings. The Kier molecular flexibility index (Phi) is 5.47. The highest BCUT2D eigenvalue weighted by molar-refractivity contribution is 7.89. The lowest BCUT2D eigenvalue weighted by Gasteiger charge is -2.33. The van der Waals surface area contributed by atoms with Gasteiger partial charge in [0.2, 0.25) is 15.9 Å². The third-order valence-corrected chi connectivity index (χ3v) is 6.18. The largest absolute Gasteiger partial charge is 0.457 e. The number of nitrogens with zero attached hydrogens (tertiary/aromatic N) is 1. The zero-order valence-electron chi connectivity index (χ0n) is 13.8. The second-order valence-corrected chi connectivity index (χ2v) is 8.09. The zero-order valence-corrected chi connectivity index (χ0v) is 15.3. The van der Waals surface area contributed by atoms with Crippen molar-refractivity contribution in [2.75, 3.05) is 19.6 Å². The van der Waals surface area contributed by atoms with E-state index >= 15 is 0 Å². The summed E-state index contributed by atoms with van der Waals surface area (Å²) in [4.78, 5) is 11.6. The Morgan fingerprint density at radius 2 is 1.69 bits per heavy atom. The molecule has 2 aromatic rings. The molecule has 1 amide bonds. The van der Waals surface area contributed by atoms with Crippen LogP contribution in [0.1, 0.15) is 0 Å². The molecule has 7 nitrogen and oxygen atoms in total. The van der Waals surface area contributed by atoms with E-state index in [1.54, 1.807) is 36.4 Å². The first-order valence-electron chi connectivity index (χ1n) is 7.93. The lowest BCUT2D eigenvalue weighted by atomic mass is 10.2. The van der Waals surface area contributed by atoms with E-state index in [2.05, 4.69) is 5.32 Å². The number of sulfonamides is 1. The van der Waals surface area contributed by atoms with E-state index in [4.69, 9.17) is 22.1 Å². The smallest absolute Gasteiger partial charge is 0.243 e. The van der Waals surface area contributed by atoms with Crippen LogP contribution in [0.4, 0.5) is 0 Å². The standard InChI is InChI=1S/C17H18ClN3O4S/c18-12-1-3-13(4-2-12)25-14-5-7-15(8-6-14)26(23,24)21-10-9-20-11-16(21)17(19)22/h1-8,16,20H,9-11H2,(H2,19,22). The van der Waals surface area contributed by atoms with Crippen LogP contribution in [0, 0.1) is 0 Å². The number of hydrogen-bond acceptors (Lipinski definition) is 5. The van der Waals surface area contributed by atoms with E-state index in [9.17, 15) is 13.2 Å². The molecule has 3 rings (SSSR count). The average Bonchev–Trinajstić information content (AvgIpc) is 2.64. The quantitative estimate of drug-likeness (QED) is 0.800. The fraction of sp³-hybridized carbons (Fsp3) is 0.235. The van der Waals surface area contributed by atoms with E-state index in [1.165, 1.54) is 12.1 Å². The first-order valence-corrected chi connectivity index (χ1v) is 9.75. The van der Waals surface area contributed by atoms with Gasteiger partial charge in [-0.2, -0.15) is 4.31 Å². The van der Waals surface area contributed by atoms with Crippen molar-refractivity contribution in [1.82, 2.24) is 9.62 Å². The van der Waals surface area contributed by atoms with Crippen LogP contribution in [-0.2, 0) is 14.8 Å². The lowest BCUT2D eigenvalue weighted by molar-refractivity contribution is -0.122. The number of halogens is 1. The van der Waals surface area contributed by atoms with E-state index in [0.29, 0.717) is 23.1 Å². The topological polar surface area (TPSA) is 102 Å². The molecule has 0 aliphatic carbocycles. The molecule has 2 aromatic carbocycles. The van der Waals surface area contributed by atoms with Crippen LogP contribution >= 0.6 is 11.6 Å². The third-order valence-electron chi connectivity index (χ3n) is 4.00. The van der Waals surface area contributed by atoms with Gasteiger partial charge in [0.1, 0.15) is 17.5 Å². The second-order valence-electron chi connectivity index (χ2n) is 5.77. The molecular formula is C17H18ClN3O4S. The van der Waals surface area contributed by atoms with Gasteiger partial charge in [-0.15, -0.1) is 0 Å². The van der Waals surface area contributed by atoms with Crippen molar-refractivity contribution in [2.45, 2.75) is 10.9 Å². The van der Waals surface area contributed by atoms with Crippen molar-refractivity contribution >= 4 is 27.5 Å². The molecule has 26 heavy (non-hydrogen) atoms. The normalized spacial score (nSPS) is 18.4. The number of ether oxygens (including phenoxy) is 1. The van der Waals surface area contributed by atoms with Gasteiger partial charge in [0.25, 0.3) is 0 Å². The molecule has 0 radical (unpaired) electrons. The fourth-order valence-corrected chi connectivity index (χ4v) is 4.39. The summed E-state index contributed by atoms with van der Waals surface area (Å²) in [6, 6.07) is 11.9. The van der Waals surface area contributed by atoms with Gasteiger partial charge in [0.05, 0.1) is 4.90 Å². The highest BCUT2D eigenvalue weighted by atomic mass is 35.5. The molecule has 0 bridgehead atoms. The SMILES string of the molecule is NC(=O)C1CNCCN1S(=O)(=O)c1ccc(Oc2ccc(Cl)cc2)cc1. The summed E-state index contributed by atoms with van der Waals surface area (Å²) in [7, 11) is -3.83. The van der Waals surface area contributed by atoms with Crippen LogP contribution < -0.4 is 15.8 Å². The number of nitrogens with one attached hydrogen (secondary N) is 1. The minimum absolute atomic E-state index is 0.0779. The number of primary amides is 1. The van der Waals surface area contributed by atoms with Crippen LogP contribution in [0.2, 0.25) is 5.02 Å². The van der Waals surface area contributed by atoms with Crippen LogP contribution in [-0.4, -0.2) is 44.3 Å². The van der Waals surface area contributed by atoms with E-state index in [1.807, 2.05) is 0 Å². The van der Waals surface area contributed by atoms with Gasteiger partial charge in [-0.3, -0.25) is 4.79 Å². The summed E-state index contributed by atoms with van der Waals surface area (Å²) in [5.74, 6) is 0.391. The van der Waals surface area contributed by atoms with E-state index in [0.717, 1.165) is 4.31 Å². The molecule has 0 saturated carbocycles.